The fourth-order valence-corrected chi connectivity index (χ4v) is 3.13. The van der Waals surface area contributed by atoms with Gasteiger partial charge in [-0.1, -0.05) is 34.5 Å². The normalized spacial score (nSPS) is 10.8. The second-order valence-corrected chi connectivity index (χ2v) is 6.98. The molecule has 0 spiro atoms. The molecule has 0 bridgehead atoms. The summed E-state index contributed by atoms with van der Waals surface area (Å²) in [4.78, 5) is 2.53. The van der Waals surface area contributed by atoms with Crippen LogP contribution in [0.4, 0.5) is 0 Å². The van der Waals surface area contributed by atoms with Gasteiger partial charge in [-0.15, -0.1) is 11.3 Å². The van der Waals surface area contributed by atoms with Gasteiger partial charge in [0, 0.05) is 20.8 Å². The monoisotopic (exact) mass is 373 g/mol. The van der Waals surface area contributed by atoms with E-state index in [4.69, 9.17) is 16.3 Å². The lowest BCUT2D eigenvalue weighted by Crippen LogP contribution is -2.12. The summed E-state index contributed by atoms with van der Waals surface area (Å²) in [6.07, 6.45) is 1.16. The molecule has 5 heteroatoms. The van der Waals surface area contributed by atoms with Crippen LogP contribution in [0.5, 0.6) is 5.75 Å². The minimum atomic E-state index is 0.550. The van der Waals surface area contributed by atoms with Crippen molar-refractivity contribution in [2.45, 2.75) is 26.5 Å². The molecule has 1 aromatic carbocycles. The third-order valence-corrected chi connectivity index (χ3v) is 4.57. The van der Waals surface area contributed by atoms with Gasteiger partial charge in [-0.2, -0.15) is 0 Å². The topological polar surface area (TPSA) is 21.3 Å². The van der Waals surface area contributed by atoms with Crippen molar-refractivity contribution in [2.75, 3.05) is 6.54 Å². The Kier molecular flexibility index (Phi) is 6.36. The van der Waals surface area contributed by atoms with E-state index in [0.29, 0.717) is 17.4 Å². The van der Waals surface area contributed by atoms with Gasteiger partial charge in [-0.3, -0.25) is 0 Å². The minimum absolute atomic E-state index is 0.550. The minimum Gasteiger partial charge on any atom is -0.486 e. The molecular formula is C15H17BrClNOS. The molecule has 0 fully saturated rings. The van der Waals surface area contributed by atoms with Gasteiger partial charge in [0.05, 0.1) is 5.02 Å². The highest BCUT2D eigenvalue weighted by Crippen LogP contribution is 2.29. The maximum atomic E-state index is 6.10. The highest BCUT2D eigenvalue weighted by Gasteiger charge is 2.05. The Hall–Kier alpha value is -0.550. The van der Waals surface area contributed by atoms with E-state index in [9.17, 15) is 0 Å². The molecular weight excluding hydrogens is 358 g/mol. The molecule has 2 nitrogen and oxygen atoms in total. The van der Waals surface area contributed by atoms with Crippen LogP contribution >= 0.6 is 38.9 Å². The summed E-state index contributed by atoms with van der Waals surface area (Å²) in [5.74, 6) is 0.708. The van der Waals surface area contributed by atoms with Crippen molar-refractivity contribution in [1.29, 1.82) is 0 Å². The van der Waals surface area contributed by atoms with E-state index in [1.165, 1.54) is 9.75 Å². The fourth-order valence-electron chi connectivity index (χ4n) is 1.72. The molecule has 1 heterocycles. The predicted octanol–water partition coefficient (Wildman–Crippen LogP) is 5.24. The van der Waals surface area contributed by atoms with Crippen molar-refractivity contribution >= 4 is 38.9 Å². The Morgan fingerprint density at radius 1 is 1.25 bits per heavy atom. The number of benzene rings is 1. The van der Waals surface area contributed by atoms with Crippen molar-refractivity contribution in [3.8, 4) is 5.75 Å². The zero-order chi connectivity index (χ0) is 14.4. The molecule has 0 aliphatic rings. The van der Waals surface area contributed by atoms with Gasteiger partial charge < -0.3 is 10.1 Å². The molecule has 20 heavy (non-hydrogen) atoms. The summed E-state index contributed by atoms with van der Waals surface area (Å²) >= 11 is 11.3. The van der Waals surface area contributed by atoms with Crippen LogP contribution in [0.1, 0.15) is 23.1 Å². The van der Waals surface area contributed by atoms with Crippen LogP contribution in [0.3, 0.4) is 0 Å². The molecule has 0 aliphatic carbocycles. The maximum Gasteiger partial charge on any atom is 0.139 e. The van der Waals surface area contributed by atoms with Crippen LogP contribution in [-0.2, 0) is 13.2 Å². The predicted molar refractivity (Wildman–Crippen MR) is 89.8 cm³/mol. The van der Waals surface area contributed by atoms with Gasteiger partial charge in [0.2, 0.25) is 0 Å². The van der Waals surface area contributed by atoms with E-state index in [0.717, 1.165) is 24.0 Å². The lowest BCUT2D eigenvalue weighted by atomic mass is 10.3. The van der Waals surface area contributed by atoms with Gasteiger partial charge >= 0.3 is 0 Å². The highest BCUT2D eigenvalue weighted by molar-refractivity contribution is 9.10. The fraction of sp³-hybridized carbons (Fsp3) is 0.333. The average molecular weight is 375 g/mol. The molecule has 0 unspecified atom stereocenters. The molecule has 2 aromatic rings. The van der Waals surface area contributed by atoms with Crippen LogP contribution in [-0.4, -0.2) is 6.54 Å². The van der Waals surface area contributed by atoms with Crippen molar-refractivity contribution in [2.24, 2.45) is 0 Å². The summed E-state index contributed by atoms with van der Waals surface area (Å²) in [6, 6.07) is 9.88. The van der Waals surface area contributed by atoms with E-state index in [1.807, 2.05) is 18.2 Å². The van der Waals surface area contributed by atoms with Crippen molar-refractivity contribution < 1.29 is 4.74 Å². The number of rotatable bonds is 7. The zero-order valence-electron chi connectivity index (χ0n) is 11.3. The standard InChI is InChI=1S/C15H17BrClNOS/c1-2-7-18-9-12-4-5-13(20-12)10-19-15-8-11(16)3-6-14(15)17/h3-6,8,18H,2,7,9-10H2,1H3. The second kappa shape index (κ2) is 8.03. The quantitative estimate of drug-likeness (QED) is 0.669. The first-order chi connectivity index (χ1) is 9.69. The van der Waals surface area contributed by atoms with Crippen LogP contribution < -0.4 is 10.1 Å². The Labute approximate surface area is 137 Å². The van der Waals surface area contributed by atoms with E-state index in [-0.39, 0.29) is 0 Å². The van der Waals surface area contributed by atoms with E-state index in [1.54, 1.807) is 11.3 Å². The largest absolute Gasteiger partial charge is 0.486 e. The van der Waals surface area contributed by atoms with E-state index in [2.05, 4.69) is 40.3 Å². The summed E-state index contributed by atoms with van der Waals surface area (Å²) in [7, 11) is 0. The third kappa shape index (κ3) is 4.77. The summed E-state index contributed by atoms with van der Waals surface area (Å²) in [5.41, 5.74) is 0. The number of hydrogen-bond donors (Lipinski definition) is 1. The SMILES string of the molecule is CCCNCc1ccc(COc2cc(Br)ccc2Cl)s1. The molecule has 0 aliphatic heterocycles. The second-order valence-electron chi connectivity index (χ2n) is 4.41. The van der Waals surface area contributed by atoms with Crippen LogP contribution in [0.2, 0.25) is 5.02 Å². The highest BCUT2D eigenvalue weighted by atomic mass is 79.9. The molecule has 0 saturated heterocycles. The summed E-state index contributed by atoms with van der Waals surface area (Å²) in [6.45, 7) is 4.70. The third-order valence-electron chi connectivity index (χ3n) is 2.71. The number of thiophene rings is 1. The van der Waals surface area contributed by atoms with Crippen molar-refractivity contribution in [3.63, 3.8) is 0 Å². The average Bonchev–Trinajstić information content (AvgIpc) is 2.88. The van der Waals surface area contributed by atoms with E-state index >= 15 is 0 Å². The Morgan fingerprint density at radius 2 is 2.05 bits per heavy atom. The van der Waals surface area contributed by atoms with Crippen molar-refractivity contribution in [3.05, 3.63) is 49.6 Å². The lowest BCUT2D eigenvalue weighted by molar-refractivity contribution is 0.310. The van der Waals surface area contributed by atoms with Crippen LogP contribution in [0.15, 0.2) is 34.8 Å². The Bertz CT molecular complexity index is 559. The molecule has 1 aromatic heterocycles. The van der Waals surface area contributed by atoms with Gasteiger partial charge in [0.1, 0.15) is 12.4 Å². The van der Waals surface area contributed by atoms with Crippen LogP contribution in [0, 0.1) is 0 Å². The Balaban J connectivity index is 1.89. The molecule has 0 radical (unpaired) electrons. The van der Waals surface area contributed by atoms with Gasteiger partial charge in [0.25, 0.3) is 0 Å². The smallest absolute Gasteiger partial charge is 0.139 e. The summed E-state index contributed by atoms with van der Waals surface area (Å²) in [5, 5.41) is 4.03. The number of halogens is 2. The first kappa shape index (κ1) is 15.8. The van der Waals surface area contributed by atoms with Gasteiger partial charge in [0.15, 0.2) is 0 Å². The number of hydrogen-bond acceptors (Lipinski definition) is 3. The first-order valence-corrected chi connectivity index (χ1v) is 8.54. The molecule has 0 amide bonds. The Morgan fingerprint density at radius 3 is 2.85 bits per heavy atom. The molecule has 0 atom stereocenters. The zero-order valence-corrected chi connectivity index (χ0v) is 14.4. The summed E-state index contributed by atoms with van der Waals surface area (Å²) < 4.78 is 6.74. The van der Waals surface area contributed by atoms with Gasteiger partial charge in [-0.25, -0.2) is 0 Å². The van der Waals surface area contributed by atoms with Crippen molar-refractivity contribution in [1.82, 2.24) is 5.32 Å². The molecule has 108 valence electrons. The molecule has 1 N–H and O–H groups in total. The number of ether oxygens (including phenoxy) is 1. The molecule has 2 rings (SSSR count). The molecule has 0 saturated carbocycles. The lowest BCUT2D eigenvalue weighted by Gasteiger charge is -2.07. The van der Waals surface area contributed by atoms with Gasteiger partial charge in [-0.05, 0) is 43.3 Å². The van der Waals surface area contributed by atoms with Crippen LogP contribution in [0.25, 0.3) is 0 Å². The van der Waals surface area contributed by atoms with E-state index < -0.39 is 0 Å². The number of nitrogens with one attached hydrogen (secondary N) is 1. The maximum absolute atomic E-state index is 6.10. The first-order valence-electron chi connectivity index (χ1n) is 6.55.